The predicted octanol–water partition coefficient (Wildman–Crippen LogP) is 4.05. The van der Waals surface area contributed by atoms with Crippen LogP contribution in [0.1, 0.15) is 23.2 Å². The minimum Gasteiger partial charge on any atom is -0.737 e. The zero-order chi connectivity index (χ0) is 26.9. The quantitative estimate of drug-likeness (QED) is 0.422. The number of pyridine rings is 1. The highest BCUT2D eigenvalue weighted by Gasteiger charge is 2.39. The maximum atomic E-state index is 14.2. The van der Waals surface area contributed by atoms with E-state index in [0.29, 0.717) is 41.0 Å². The molecule has 2 aromatic carbocycles. The fraction of sp³-hybridized carbons (Fsp3) is 0.276. The fourth-order valence-corrected chi connectivity index (χ4v) is 5.54. The van der Waals surface area contributed by atoms with Gasteiger partial charge in [0.25, 0.3) is 0 Å². The minimum absolute atomic E-state index is 0.00512. The summed E-state index contributed by atoms with van der Waals surface area (Å²) in [6.45, 7) is 3.45. The summed E-state index contributed by atoms with van der Waals surface area (Å²) < 4.78 is 1.90. The van der Waals surface area contributed by atoms with Crippen molar-refractivity contribution in [2.45, 2.75) is 19.5 Å². The molecule has 2 aliphatic rings. The van der Waals surface area contributed by atoms with Gasteiger partial charge in [0.2, 0.25) is 0 Å². The molecule has 1 fully saturated rings. The molecule has 198 valence electrons. The molecule has 10 heteroatoms. The third-order valence-corrected chi connectivity index (χ3v) is 7.42. The van der Waals surface area contributed by atoms with E-state index >= 15 is 0 Å². The monoisotopic (exact) mass is 521 g/mol. The van der Waals surface area contributed by atoms with Crippen LogP contribution in [0.25, 0.3) is 10.8 Å². The highest BCUT2D eigenvalue weighted by molar-refractivity contribution is 6.03. The number of fused-ring (bicyclic) bond motifs is 2. The Morgan fingerprint density at radius 2 is 1.79 bits per heavy atom. The molecule has 0 aliphatic carbocycles. The van der Waals surface area contributed by atoms with E-state index in [2.05, 4.69) is 21.3 Å². The van der Waals surface area contributed by atoms with Gasteiger partial charge in [-0.05, 0) is 30.0 Å². The summed E-state index contributed by atoms with van der Waals surface area (Å²) in [4.78, 5) is 21.7. The number of hydrazine groups is 1. The standard InChI is InChI=1S/C29H29N8O2/c1-33-26-24(18-30)27(34-16-7-13-31-15-17-34)35(19-21-8-3-2-4-9-21)28(26)37(39)36(29(33)38)20-25-23-11-6-5-10-22(23)12-14-32-25/h2-6,8-12,14,31H,7,13,15-17,19-20H2,1H3/q-1. The van der Waals surface area contributed by atoms with Gasteiger partial charge >= 0.3 is 6.03 Å². The van der Waals surface area contributed by atoms with Gasteiger partial charge in [-0.3, -0.25) is 9.88 Å². The maximum absolute atomic E-state index is 14.2. The Balaban J connectivity index is 1.50. The first-order valence-corrected chi connectivity index (χ1v) is 13.1. The lowest BCUT2D eigenvalue weighted by Crippen LogP contribution is -2.53. The third kappa shape index (κ3) is 4.31. The summed E-state index contributed by atoms with van der Waals surface area (Å²) >= 11 is 0. The molecule has 39 heavy (non-hydrogen) atoms. The largest absolute Gasteiger partial charge is 0.737 e. The number of amides is 2. The van der Waals surface area contributed by atoms with E-state index in [9.17, 15) is 15.3 Å². The summed E-state index contributed by atoms with van der Waals surface area (Å²) in [6, 6.07) is 21.3. The Labute approximate surface area is 226 Å². The second-order valence-electron chi connectivity index (χ2n) is 9.80. The first-order chi connectivity index (χ1) is 19.1. The van der Waals surface area contributed by atoms with E-state index in [0.717, 1.165) is 47.4 Å². The molecule has 0 atom stereocenters. The van der Waals surface area contributed by atoms with Gasteiger partial charge in [0.1, 0.15) is 29.0 Å². The van der Waals surface area contributed by atoms with E-state index < -0.39 is 6.03 Å². The highest BCUT2D eigenvalue weighted by Crippen LogP contribution is 2.46. The van der Waals surface area contributed by atoms with Gasteiger partial charge in [0, 0.05) is 38.3 Å². The second-order valence-corrected chi connectivity index (χ2v) is 9.80. The number of nitrogens with zero attached hydrogens (tertiary/aromatic N) is 7. The molecule has 0 bridgehead atoms. The van der Waals surface area contributed by atoms with Gasteiger partial charge in [0.05, 0.1) is 18.8 Å². The SMILES string of the molecule is CN1C(=O)N(Cc2nccc3ccccc23)N([O-])c2c1c(C#N)c(N1CCCNCC1)n2Cc1ccccc1. The zero-order valence-corrected chi connectivity index (χ0v) is 21.7. The zero-order valence-electron chi connectivity index (χ0n) is 21.7. The van der Waals surface area contributed by atoms with Crippen LogP contribution in [-0.4, -0.2) is 53.8 Å². The Bertz CT molecular complexity index is 1550. The van der Waals surface area contributed by atoms with Crippen LogP contribution in [-0.2, 0) is 13.1 Å². The van der Waals surface area contributed by atoms with Gasteiger partial charge in [-0.25, -0.2) is 9.80 Å². The number of aromatic nitrogens is 2. The van der Waals surface area contributed by atoms with Crippen LogP contribution in [0.5, 0.6) is 0 Å². The topological polar surface area (TPSA) is 107 Å². The molecule has 10 nitrogen and oxygen atoms in total. The van der Waals surface area contributed by atoms with Gasteiger partial charge in [-0.1, -0.05) is 54.6 Å². The Morgan fingerprint density at radius 3 is 2.62 bits per heavy atom. The van der Waals surface area contributed by atoms with Crippen LogP contribution in [0, 0.1) is 16.5 Å². The number of urea groups is 1. The average molecular weight is 522 g/mol. The summed E-state index contributed by atoms with van der Waals surface area (Å²) in [5.74, 6) is 0.936. The molecule has 1 saturated heterocycles. The number of nitriles is 1. The van der Waals surface area contributed by atoms with E-state index in [1.807, 2.05) is 65.2 Å². The predicted molar refractivity (Wildman–Crippen MR) is 151 cm³/mol. The Hall–Kier alpha value is -4.59. The highest BCUT2D eigenvalue weighted by atomic mass is 16.6. The normalized spacial score (nSPS) is 15.9. The molecule has 6 rings (SSSR count). The summed E-state index contributed by atoms with van der Waals surface area (Å²) in [5.41, 5.74) is 2.29. The maximum Gasteiger partial charge on any atom is 0.342 e. The van der Waals surface area contributed by atoms with Crippen molar-refractivity contribution >= 4 is 34.1 Å². The van der Waals surface area contributed by atoms with Crippen molar-refractivity contribution in [3.8, 4) is 6.07 Å². The summed E-state index contributed by atoms with van der Waals surface area (Å²) in [7, 11) is 1.62. The number of benzene rings is 2. The molecule has 0 spiro atoms. The number of carbonyl (C=O) groups is 1. The molecule has 2 aliphatic heterocycles. The molecule has 0 saturated carbocycles. The first-order valence-electron chi connectivity index (χ1n) is 13.1. The summed E-state index contributed by atoms with van der Waals surface area (Å²) in [5, 5.41) is 31.6. The lowest BCUT2D eigenvalue weighted by molar-refractivity contribution is 0.199. The van der Waals surface area contributed by atoms with Crippen molar-refractivity contribution in [3.05, 3.63) is 88.9 Å². The van der Waals surface area contributed by atoms with Crippen molar-refractivity contribution in [1.82, 2.24) is 19.9 Å². The summed E-state index contributed by atoms with van der Waals surface area (Å²) in [6.07, 6.45) is 2.59. The molecule has 2 aromatic heterocycles. The van der Waals surface area contributed by atoms with Gasteiger partial charge in [-0.15, -0.1) is 0 Å². The number of hydrogen-bond acceptors (Lipinski definition) is 7. The van der Waals surface area contributed by atoms with Crippen LogP contribution in [0.3, 0.4) is 0 Å². The number of hydrogen-bond donors (Lipinski definition) is 1. The lowest BCUT2D eigenvalue weighted by Gasteiger charge is -2.47. The minimum atomic E-state index is -0.510. The van der Waals surface area contributed by atoms with Crippen LogP contribution in [0.4, 0.5) is 22.1 Å². The van der Waals surface area contributed by atoms with Crippen molar-refractivity contribution in [2.24, 2.45) is 0 Å². The van der Waals surface area contributed by atoms with E-state index in [-0.39, 0.29) is 12.4 Å². The van der Waals surface area contributed by atoms with Gasteiger partial charge in [-0.2, -0.15) is 5.26 Å². The van der Waals surface area contributed by atoms with Gasteiger partial charge in [0.15, 0.2) is 0 Å². The lowest BCUT2D eigenvalue weighted by atomic mass is 10.1. The van der Waals surface area contributed by atoms with Crippen LogP contribution in [0.2, 0.25) is 0 Å². The van der Waals surface area contributed by atoms with Crippen LogP contribution < -0.4 is 20.3 Å². The van der Waals surface area contributed by atoms with Crippen molar-refractivity contribution in [2.75, 3.05) is 48.2 Å². The molecule has 0 unspecified atom stereocenters. The fourth-order valence-electron chi connectivity index (χ4n) is 5.54. The molecule has 0 radical (unpaired) electrons. The van der Waals surface area contributed by atoms with E-state index in [4.69, 9.17) is 0 Å². The first kappa shape index (κ1) is 24.7. The molecule has 2 amide bonds. The van der Waals surface area contributed by atoms with Crippen LogP contribution >= 0.6 is 0 Å². The number of nitrogens with one attached hydrogen (secondary N) is 1. The van der Waals surface area contributed by atoms with Gasteiger partial charge < -0.3 is 25.2 Å². The Morgan fingerprint density at radius 1 is 1.00 bits per heavy atom. The number of rotatable bonds is 5. The van der Waals surface area contributed by atoms with Crippen molar-refractivity contribution in [1.29, 1.82) is 5.26 Å². The number of anilines is 3. The number of carbonyl (C=O) groups excluding carboxylic acids is 1. The molecular weight excluding hydrogens is 492 g/mol. The van der Waals surface area contributed by atoms with Crippen LogP contribution in [0.15, 0.2) is 66.9 Å². The molecule has 1 N–H and O–H groups in total. The second kappa shape index (κ2) is 10.3. The van der Waals surface area contributed by atoms with E-state index in [1.54, 1.807) is 13.2 Å². The van der Waals surface area contributed by atoms with Crippen molar-refractivity contribution in [3.63, 3.8) is 0 Å². The molecule has 4 aromatic rings. The molecular formula is C29H29N8O2-. The van der Waals surface area contributed by atoms with E-state index in [1.165, 1.54) is 4.90 Å². The smallest absolute Gasteiger partial charge is 0.342 e. The Kier molecular flexibility index (Phi) is 6.52. The third-order valence-electron chi connectivity index (χ3n) is 7.42. The molecule has 4 heterocycles. The van der Waals surface area contributed by atoms with Crippen molar-refractivity contribution < 1.29 is 4.79 Å². The average Bonchev–Trinajstić information content (AvgIpc) is 3.09.